The second-order valence-corrected chi connectivity index (χ2v) is 11.6. The normalized spacial score (nSPS) is 15.2. The standard InChI is InChI=1S/C25H40N6O10S/c1-15(2)22(24(37)29-17(16(3)32)8-7-12-27-25(26)38)30-23(36)18(14-42(39,40)41)28-19(33)9-5-4-6-13-31-20(34)10-11-21(31)35/h10-11,15,17-18,22H,4-9,12-14H2,1-3H3,(H,28,33)(H,29,37)(H,30,36)(H3,26,27,38)(H,39,40,41)/p-1/t17-,18-,22-/m1/s1. The first kappa shape index (κ1) is 36.2. The van der Waals surface area contributed by atoms with E-state index in [0.717, 1.165) is 17.1 Å². The lowest BCUT2D eigenvalue weighted by Crippen LogP contribution is -2.58. The number of ketones is 1. The Hall–Kier alpha value is -3.86. The smallest absolute Gasteiger partial charge is 0.312 e. The van der Waals surface area contributed by atoms with E-state index in [1.807, 2.05) is 0 Å². The lowest BCUT2D eigenvalue weighted by atomic mass is 10.0. The maximum Gasteiger partial charge on any atom is 0.312 e. The maximum absolute atomic E-state index is 13.0. The zero-order chi connectivity index (χ0) is 32.0. The number of nitrogens with one attached hydrogen (secondary N) is 4. The van der Waals surface area contributed by atoms with Crippen LogP contribution in [0.2, 0.25) is 0 Å². The van der Waals surface area contributed by atoms with Gasteiger partial charge in [0.2, 0.25) is 17.7 Å². The fraction of sp³-hybridized carbons (Fsp3) is 0.640. The van der Waals surface area contributed by atoms with Crippen molar-refractivity contribution in [1.82, 2.24) is 26.2 Å². The number of unbranched alkanes of at least 4 members (excludes halogenated alkanes) is 2. The third-order valence-electron chi connectivity index (χ3n) is 6.23. The van der Waals surface area contributed by atoms with E-state index in [2.05, 4.69) is 21.3 Å². The summed E-state index contributed by atoms with van der Waals surface area (Å²) in [6.45, 7) is 4.75. The highest BCUT2D eigenvalue weighted by molar-refractivity contribution is 7.85. The van der Waals surface area contributed by atoms with Crippen LogP contribution in [0.1, 0.15) is 59.3 Å². The van der Waals surface area contributed by atoms with Crippen molar-refractivity contribution in [2.45, 2.75) is 77.4 Å². The second kappa shape index (κ2) is 17.2. The Labute approximate surface area is 244 Å². The Kier molecular flexibility index (Phi) is 14.8. The summed E-state index contributed by atoms with van der Waals surface area (Å²) in [7, 11) is -4.97. The van der Waals surface area contributed by atoms with Gasteiger partial charge < -0.3 is 31.6 Å². The summed E-state index contributed by atoms with van der Waals surface area (Å²) in [6, 6.07) is -4.72. The molecule has 0 spiro atoms. The van der Waals surface area contributed by atoms with Crippen LogP contribution in [-0.2, 0) is 38.9 Å². The molecule has 7 amide bonds. The number of urea groups is 1. The number of imide groups is 1. The van der Waals surface area contributed by atoms with Gasteiger partial charge in [0.05, 0.1) is 21.9 Å². The molecule has 0 bridgehead atoms. The molecule has 0 aromatic rings. The molecule has 0 aromatic heterocycles. The molecule has 1 rings (SSSR count). The molecular weight excluding hydrogens is 576 g/mol. The number of hydrogen-bond acceptors (Lipinski definition) is 10. The molecule has 16 nitrogen and oxygen atoms in total. The predicted molar refractivity (Wildman–Crippen MR) is 147 cm³/mol. The molecule has 0 saturated carbocycles. The van der Waals surface area contributed by atoms with Crippen molar-refractivity contribution >= 4 is 51.5 Å². The maximum atomic E-state index is 13.0. The number of hydrogen-bond donors (Lipinski definition) is 5. The molecule has 1 heterocycles. The lowest BCUT2D eigenvalue weighted by molar-refractivity contribution is -0.137. The zero-order valence-corrected chi connectivity index (χ0v) is 24.7. The van der Waals surface area contributed by atoms with Gasteiger partial charge in [0.1, 0.15) is 12.1 Å². The summed E-state index contributed by atoms with van der Waals surface area (Å²) in [6.07, 6.45) is 3.79. The molecule has 3 atom stereocenters. The Balaban J connectivity index is 2.75. The van der Waals surface area contributed by atoms with E-state index in [1.54, 1.807) is 13.8 Å². The number of primary amides is 1. The number of rotatable bonds is 19. The molecule has 0 aromatic carbocycles. The van der Waals surface area contributed by atoms with Gasteiger partial charge in [-0.05, 0) is 38.5 Å². The molecule has 0 saturated heterocycles. The quantitative estimate of drug-likeness (QED) is 0.0616. The molecule has 236 valence electrons. The van der Waals surface area contributed by atoms with E-state index < -0.39 is 75.5 Å². The first-order valence-electron chi connectivity index (χ1n) is 13.4. The van der Waals surface area contributed by atoms with Crippen molar-refractivity contribution in [2.75, 3.05) is 18.8 Å². The van der Waals surface area contributed by atoms with E-state index in [-0.39, 0.29) is 38.1 Å². The molecule has 42 heavy (non-hydrogen) atoms. The summed E-state index contributed by atoms with van der Waals surface area (Å²) in [5.74, 6) is -5.58. The first-order valence-corrected chi connectivity index (χ1v) is 15.0. The third-order valence-corrected chi connectivity index (χ3v) is 6.97. The summed E-state index contributed by atoms with van der Waals surface area (Å²) < 4.78 is 34.3. The van der Waals surface area contributed by atoms with Gasteiger partial charge in [-0.1, -0.05) is 20.3 Å². The topological polar surface area (TPSA) is 254 Å². The molecule has 6 N–H and O–H groups in total. The molecule has 1 aliphatic heterocycles. The van der Waals surface area contributed by atoms with Gasteiger partial charge in [-0.3, -0.25) is 33.7 Å². The van der Waals surface area contributed by atoms with Crippen LogP contribution in [0.15, 0.2) is 12.2 Å². The van der Waals surface area contributed by atoms with Crippen LogP contribution in [0.25, 0.3) is 0 Å². The largest absolute Gasteiger partial charge is 0.748 e. The van der Waals surface area contributed by atoms with Gasteiger partial charge in [0.25, 0.3) is 11.8 Å². The highest BCUT2D eigenvalue weighted by Crippen LogP contribution is 2.09. The van der Waals surface area contributed by atoms with Crippen molar-refractivity contribution in [3.63, 3.8) is 0 Å². The SMILES string of the molecule is CC(=O)[C@@H](CCCNC(N)=O)NC(=O)[C@H](NC(=O)[C@@H](CS(=O)(=O)[O-])NC(=O)CCCCCN1C(=O)C=CC1=O)C(C)C. The van der Waals surface area contributed by atoms with Crippen molar-refractivity contribution in [1.29, 1.82) is 0 Å². The van der Waals surface area contributed by atoms with Crippen LogP contribution in [0.4, 0.5) is 4.79 Å². The molecule has 0 fully saturated rings. The van der Waals surface area contributed by atoms with Crippen LogP contribution < -0.4 is 27.0 Å². The van der Waals surface area contributed by atoms with Gasteiger partial charge in [0.15, 0.2) is 5.78 Å². The number of nitrogens with two attached hydrogens (primary N) is 1. The van der Waals surface area contributed by atoms with E-state index in [9.17, 15) is 46.5 Å². The van der Waals surface area contributed by atoms with Crippen molar-refractivity contribution in [3.8, 4) is 0 Å². The summed E-state index contributed by atoms with van der Waals surface area (Å²) in [5.41, 5.74) is 4.99. The van der Waals surface area contributed by atoms with Gasteiger partial charge in [0, 0.05) is 31.7 Å². The summed E-state index contributed by atoms with van der Waals surface area (Å²) in [5, 5.41) is 9.45. The van der Waals surface area contributed by atoms with Gasteiger partial charge in [-0.25, -0.2) is 13.2 Å². The minimum atomic E-state index is -4.97. The van der Waals surface area contributed by atoms with E-state index in [4.69, 9.17) is 5.73 Å². The monoisotopic (exact) mass is 615 g/mol. The van der Waals surface area contributed by atoms with Gasteiger partial charge in [-0.2, -0.15) is 0 Å². The summed E-state index contributed by atoms with van der Waals surface area (Å²) >= 11 is 0. The van der Waals surface area contributed by atoms with Crippen molar-refractivity contribution < 1.29 is 46.5 Å². The van der Waals surface area contributed by atoms with Crippen molar-refractivity contribution in [3.05, 3.63) is 12.2 Å². The number of nitrogens with zero attached hydrogens (tertiary/aromatic N) is 1. The van der Waals surface area contributed by atoms with Crippen LogP contribution in [0, 0.1) is 5.92 Å². The van der Waals surface area contributed by atoms with E-state index in [1.165, 1.54) is 6.92 Å². The fourth-order valence-electron chi connectivity index (χ4n) is 3.98. The van der Waals surface area contributed by atoms with Crippen LogP contribution in [-0.4, -0.2) is 96.2 Å². The number of carbonyl (C=O) groups excluding carboxylic acids is 7. The Bertz CT molecular complexity index is 1150. The zero-order valence-electron chi connectivity index (χ0n) is 23.8. The molecule has 0 radical (unpaired) electrons. The van der Waals surface area contributed by atoms with Crippen LogP contribution in [0.3, 0.4) is 0 Å². The minimum Gasteiger partial charge on any atom is -0.748 e. The van der Waals surface area contributed by atoms with Crippen LogP contribution >= 0.6 is 0 Å². The third kappa shape index (κ3) is 13.7. The summed E-state index contributed by atoms with van der Waals surface area (Å²) in [4.78, 5) is 85.4. The molecule has 1 aliphatic rings. The van der Waals surface area contributed by atoms with Gasteiger partial charge >= 0.3 is 6.03 Å². The Morgan fingerprint density at radius 2 is 1.52 bits per heavy atom. The Morgan fingerprint density at radius 3 is 2.05 bits per heavy atom. The first-order chi connectivity index (χ1) is 19.5. The Morgan fingerprint density at radius 1 is 0.905 bits per heavy atom. The van der Waals surface area contributed by atoms with Gasteiger partial charge in [-0.15, -0.1) is 0 Å². The fourth-order valence-corrected chi connectivity index (χ4v) is 4.63. The highest BCUT2D eigenvalue weighted by Gasteiger charge is 2.31. The molecule has 0 unspecified atom stereocenters. The average Bonchev–Trinajstić information content (AvgIpc) is 3.18. The van der Waals surface area contributed by atoms with Crippen LogP contribution in [0.5, 0.6) is 0 Å². The molecule has 0 aliphatic carbocycles. The highest BCUT2D eigenvalue weighted by atomic mass is 32.2. The number of Topliss-reactive ketones (excluding diaryl/α,β-unsaturated/α-hetero) is 1. The molecular formula is C25H39N6O10S-. The molecule has 17 heteroatoms. The van der Waals surface area contributed by atoms with E-state index in [0.29, 0.717) is 19.3 Å². The van der Waals surface area contributed by atoms with E-state index >= 15 is 0 Å². The lowest BCUT2D eigenvalue weighted by Gasteiger charge is -2.27. The number of amides is 7. The second-order valence-electron chi connectivity index (χ2n) is 10.2. The van der Waals surface area contributed by atoms with Crippen molar-refractivity contribution in [2.24, 2.45) is 11.7 Å². The number of carbonyl (C=O) groups is 7. The average molecular weight is 616 g/mol. The minimum absolute atomic E-state index is 0.137. The predicted octanol–water partition coefficient (Wildman–Crippen LogP) is -1.84.